The molecule has 5 nitrogen and oxygen atoms in total. The molecule has 0 unspecified atom stereocenters. The van der Waals surface area contributed by atoms with Crippen molar-refractivity contribution in [2.75, 3.05) is 13.6 Å². The van der Waals surface area contributed by atoms with Gasteiger partial charge in [-0.2, -0.15) is 0 Å². The third-order valence-electron chi connectivity index (χ3n) is 3.22. The highest BCUT2D eigenvalue weighted by Crippen LogP contribution is 2.11. The van der Waals surface area contributed by atoms with E-state index in [2.05, 4.69) is 5.32 Å². The van der Waals surface area contributed by atoms with Gasteiger partial charge in [0.15, 0.2) is 0 Å². The van der Waals surface area contributed by atoms with E-state index >= 15 is 0 Å². The van der Waals surface area contributed by atoms with Crippen LogP contribution < -0.4 is 5.32 Å². The van der Waals surface area contributed by atoms with Crippen LogP contribution >= 0.6 is 11.3 Å². The van der Waals surface area contributed by atoms with Crippen LogP contribution in [-0.4, -0.2) is 35.4 Å². The monoisotopic (exact) mass is 318 g/mol. The molecule has 2 rings (SSSR count). The van der Waals surface area contributed by atoms with Gasteiger partial charge in [0.2, 0.25) is 5.91 Å². The molecular formula is C16H18N2O3S. The summed E-state index contributed by atoms with van der Waals surface area (Å²) >= 11 is 1.35. The van der Waals surface area contributed by atoms with Crippen LogP contribution in [0, 0.1) is 0 Å². The Balaban J connectivity index is 1.86. The van der Waals surface area contributed by atoms with Gasteiger partial charge in [-0.3, -0.25) is 9.59 Å². The Morgan fingerprint density at radius 1 is 1.18 bits per heavy atom. The molecule has 6 heteroatoms. The molecule has 0 aliphatic rings. The van der Waals surface area contributed by atoms with E-state index < -0.39 is 0 Å². The Morgan fingerprint density at radius 2 is 1.91 bits per heavy atom. The molecule has 1 heterocycles. The molecule has 0 aliphatic heterocycles. The Bertz CT molecular complexity index is 641. The largest absolute Gasteiger partial charge is 0.392 e. The number of aliphatic hydroxyl groups excluding tert-OH is 1. The lowest BCUT2D eigenvalue weighted by atomic mass is 10.1. The van der Waals surface area contributed by atoms with E-state index in [-0.39, 0.29) is 25.0 Å². The summed E-state index contributed by atoms with van der Waals surface area (Å²) in [5, 5.41) is 13.8. The third kappa shape index (κ3) is 4.16. The van der Waals surface area contributed by atoms with E-state index in [0.29, 0.717) is 11.4 Å². The lowest BCUT2D eigenvalue weighted by molar-refractivity contribution is -0.121. The van der Waals surface area contributed by atoms with E-state index in [1.807, 2.05) is 29.6 Å². The number of carbonyl (C=O) groups excluding carboxylic acids is 2. The van der Waals surface area contributed by atoms with Gasteiger partial charge in [-0.15, -0.1) is 11.3 Å². The zero-order valence-electron chi connectivity index (χ0n) is 12.3. The second kappa shape index (κ2) is 7.72. The zero-order valence-corrected chi connectivity index (χ0v) is 13.1. The highest BCUT2D eigenvalue weighted by atomic mass is 32.1. The third-order valence-corrected chi connectivity index (χ3v) is 4.08. The van der Waals surface area contributed by atoms with Crippen molar-refractivity contribution < 1.29 is 14.7 Å². The average Bonchev–Trinajstić information content (AvgIpc) is 3.06. The Kier molecular flexibility index (Phi) is 5.68. The van der Waals surface area contributed by atoms with Crippen molar-refractivity contribution >= 4 is 23.2 Å². The maximum atomic E-state index is 12.0. The van der Waals surface area contributed by atoms with Crippen LogP contribution in [0.15, 0.2) is 41.8 Å². The van der Waals surface area contributed by atoms with E-state index in [0.717, 1.165) is 11.1 Å². The maximum absolute atomic E-state index is 12.0. The second-order valence-electron chi connectivity index (χ2n) is 4.84. The molecule has 0 aliphatic carbocycles. The number of amides is 2. The van der Waals surface area contributed by atoms with Crippen molar-refractivity contribution in [3.05, 3.63) is 57.8 Å². The molecule has 22 heavy (non-hydrogen) atoms. The Labute approximate surface area is 133 Å². The van der Waals surface area contributed by atoms with E-state index in [1.54, 1.807) is 19.2 Å². The summed E-state index contributed by atoms with van der Waals surface area (Å²) in [7, 11) is 1.60. The zero-order chi connectivity index (χ0) is 15.9. The molecular weight excluding hydrogens is 300 g/mol. The summed E-state index contributed by atoms with van der Waals surface area (Å²) in [4.78, 5) is 26.0. The molecule has 0 bridgehead atoms. The topological polar surface area (TPSA) is 69.6 Å². The van der Waals surface area contributed by atoms with Crippen molar-refractivity contribution in [2.45, 2.75) is 13.2 Å². The van der Waals surface area contributed by atoms with Crippen molar-refractivity contribution in [3.63, 3.8) is 0 Å². The smallest absolute Gasteiger partial charge is 0.264 e. The van der Waals surface area contributed by atoms with Crippen molar-refractivity contribution in [2.24, 2.45) is 0 Å². The molecule has 1 aromatic heterocycles. The highest BCUT2D eigenvalue weighted by Gasteiger charge is 2.15. The molecule has 0 spiro atoms. The Morgan fingerprint density at radius 3 is 2.55 bits per heavy atom. The minimum atomic E-state index is -0.236. The SMILES string of the molecule is CN(CC(=O)NCc1ccccc1CO)C(=O)c1cccs1. The highest BCUT2D eigenvalue weighted by molar-refractivity contribution is 7.12. The van der Waals surface area contributed by atoms with Gasteiger partial charge in [-0.25, -0.2) is 0 Å². The molecule has 2 N–H and O–H groups in total. The lowest BCUT2D eigenvalue weighted by Crippen LogP contribution is -2.37. The van der Waals surface area contributed by atoms with Crippen LogP contribution in [0.2, 0.25) is 0 Å². The van der Waals surface area contributed by atoms with Gasteiger partial charge in [-0.1, -0.05) is 30.3 Å². The summed E-state index contributed by atoms with van der Waals surface area (Å²) in [5.74, 6) is -0.402. The number of hydrogen-bond donors (Lipinski definition) is 2. The molecule has 2 aromatic rings. The molecule has 0 saturated heterocycles. The minimum Gasteiger partial charge on any atom is -0.392 e. The lowest BCUT2D eigenvalue weighted by Gasteiger charge is -2.16. The van der Waals surface area contributed by atoms with Crippen LogP contribution in [0.4, 0.5) is 0 Å². The summed E-state index contributed by atoms with van der Waals surface area (Å²) in [5.41, 5.74) is 1.65. The van der Waals surface area contributed by atoms with Crippen LogP contribution in [0.5, 0.6) is 0 Å². The van der Waals surface area contributed by atoms with Gasteiger partial charge >= 0.3 is 0 Å². The number of benzene rings is 1. The summed E-state index contributed by atoms with van der Waals surface area (Å²) < 4.78 is 0. The first-order chi connectivity index (χ1) is 10.6. The first-order valence-corrected chi connectivity index (χ1v) is 7.73. The second-order valence-corrected chi connectivity index (χ2v) is 5.79. The first-order valence-electron chi connectivity index (χ1n) is 6.85. The van der Waals surface area contributed by atoms with Gasteiger partial charge in [0.1, 0.15) is 0 Å². The number of hydrogen-bond acceptors (Lipinski definition) is 4. The van der Waals surface area contributed by atoms with Gasteiger partial charge in [0, 0.05) is 13.6 Å². The quantitative estimate of drug-likeness (QED) is 0.850. The van der Waals surface area contributed by atoms with Crippen LogP contribution in [0.3, 0.4) is 0 Å². The van der Waals surface area contributed by atoms with Crippen molar-refractivity contribution in [3.8, 4) is 0 Å². The fourth-order valence-electron chi connectivity index (χ4n) is 2.01. The minimum absolute atomic E-state index is 0.00196. The number of rotatable bonds is 6. The molecule has 0 atom stereocenters. The molecule has 2 amide bonds. The maximum Gasteiger partial charge on any atom is 0.264 e. The fraction of sp³-hybridized carbons (Fsp3) is 0.250. The first kappa shape index (κ1) is 16.2. The summed E-state index contributed by atoms with van der Waals surface area (Å²) in [6.07, 6.45) is 0. The van der Waals surface area contributed by atoms with Crippen LogP contribution in [-0.2, 0) is 17.9 Å². The van der Waals surface area contributed by atoms with Gasteiger partial charge in [-0.05, 0) is 22.6 Å². The molecule has 0 saturated carbocycles. The van der Waals surface area contributed by atoms with Gasteiger partial charge < -0.3 is 15.3 Å². The number of nitrogens with one attached hydrogen (secondary N) is 1. The fourth-order valence-corrected chi connectivity index (χ4v) is 2.73. The van der Waals surface area contributed by atoms with Crippen LogP contribution in [0.1, 0.15) is 20.8 Å². The molecule has 0 radical (unpaired) electrons. The van der Waals surface area contributed by atoms with Crippen LogP contribution in [0.25, 0.3) is 0 Å². The normalized spacial score (nSPS) is 10.3. The van der Waals surface area contributed by atoms with E-state index in [4.69, 9.17) is 0 Å². The van der Waals surface area contributed by atoms with E-state index in [9.17, 15) is 14.7 Å². The number of thiophene rings is 1. The molecule has 1 aromatic carbocycles. The predicted molar refractivity (Wildman–Crippen MR) is 85.5 cm³/mol. The molecule has 0 fully saturated rings. The van der Waals surface area contributed by atoms with Gasteiger partial charge in [0.05, 0.1) is 18.0 Å². The number of nitrogens with zero attached hydrogens (tertiary/aromatic N) is 1. The molecule has 116 valence electrons. The predicted octanol–water partition coefficient (Wildman–Crippen LogP) is 1.63. The number of likely N-dealkylation sites (N-methyl/N-ethyl adjacent to an activating group) is 1. The van der Waals surface area contributed by atoms with E-state index in [1.165, 1.54) is 16.2 Å². The van der Waals surface area contributed by atoms with Crippen molar-refractivity contribution in [1.29, 1.82) is 0 Å². The van der Waals surface area contributed by atoms with Gasteiger partial charge in [0.25, 0.3) is 5.91 Å². The summed E-state index contributed by atoms with van der Waals surface area (Å²) in [6, 6.07) is 10.9. The summed E-state index contributed by atoms with van der Waals surface area (Å²) in [6.45, 7) is 0.261. The van der Waals surface area contributed by atoms with Crippen molar-refractivity contribution in [1.82, 2.24) is 10.2 Å². The standard InChI is InChI=1S/C16H18N2O3S/c1-18(16(21)14-7-4-8-22-14)10-15(20)17-9-12-5-2-3-6-13(12)11-19/h2-8,19H,9-11H2,1H3,(H,17,20). The number of aliphatic hydroxyl groups is 1. The number of carbonyl (C=O) groups is 2. The Hall–Kier alpha value is -2.18. The average molecular weight is 318 g/mol.